The molecule has 0 spiro atoms. The van der Waals surface area contributed by atoms with Crippen LogP contribution in [0.15, 0.2) is 35.2 Å². The summed E-state index contributed by atoms with van der Waals surface area (Å²) in [5.74, 6) is 1.04. The minimum Gasteiger partial charge on any atom is -0.426 e. The van der Waals surface area contributed by atoms with E-state index >= 15 is 0 Å². The van der Waals surface area contributed by atoms with Crippen LogP contribution < -0.4 is 4.74 Å². The Kier molecular flexibility index (Phi) is 7.59. The zero-order valence-electron chi connectivity index (χ0n) is 20.8. The fourth-order valence-electron chi connectivity index (χ4n) is 4.63. The number of rotatable bonds is 8. The van der Waals surface area contributed by atoms with E-state index in [0.29, 0.717) is 44.0 Å². The molecule has 1 aliphatic heterocycles. The van der Waals surface area contributed by atoms with Crippen LogP contribution in [-0.4, -0.2) is 54.5 Å². The average molecular weight is 500 g/mol. The van der Waals surface area contributed by atoms with Crippen LogP contribution in [0.1, 0.15) is 42.3 Å². The van der Waals surface area contributed by atoms with Gasteiger partial charge in [0.15, 0.2) is 0 Å². The molecule has 1 fully saturated rings. The highest BCUT2D eigenvalue weighted by atomic mass is 32.2. The van der Waals surface area contributed by atoms with E-state index in [1.165, 1.54) is 4.31 Å². The molecule has 0 aliphatic carbocycles. The number of carbonyl (C=O) groups is 1. The van der Waals surface area contributed by atoms with Gasteiger partial charge in [-0.1, -0.05) is 24.6 Å². The fourth-order valence-corrected chi connectivity index (χ4v) is 6.05. The van der Waals surface area contributed by atoms with Crippen LogP contribution in [0.4, 0.5) is 0 Å². The summed E-state index contributed by atoms with van der Waals surface area (Å²) >= 11 is 0. The molecule has 9 heteroatoms. The Hall–Kier alpha value is -2.75. The summed E-state index contributed by atoms with van der Waals surface area (Å²) in [6.45, 7) is 10.2. The van der Waals surface area contributed by atoms with Gasteiger partial charge in [0, 0.05) is 26.1 Å². The van der Waals surface area contributed by atoms with Crippen LogP contribution in [-0.2, 0) is 32.5 Å². The minimum atomic E-state index is -3.61. The molecule has 2 heterocycles. The molecule has 2 aromatic carbocycles. The van der Waals surface area contributed by atoms with Gasteiger partial charge >= 0.3 is 5.97 Å². The van der Waals surface area contributed by atoms with Gasteiger partial charge in [-0.05, 0) is 56.5 Å². The summed E-state index contributed by atoms with van der Waals surface area (Å²) < 4.78 is 40.7. The molecule has 188 valence electrons. The Morgan fingerprint density at radius 2 is 1.77 bits per heavy atom. The van der Waals surface area contributed by atoms with Gasteiger partial charge in [0.1, 0.15) is 11.6 Å². The van der Waals surface area contributed by atoms with Crippen LogP contribution in [0.25, 0.3) is 11.0 Å². The number of sulfonamides is 1. The van der Waals surface area contributed by atoms with Crippen LogP contribution >= 0.6 is 0 Å². The molecular formula is C26H33N3O5S. The molecule has 1 saturated heterocycles. The number of ether oxygens (including phenoxy) is 2. The first-order valence-corrected chi connectivity index (χ1v) is 13.5. The van der Waals surface area contributed by atoms with Gasteiger partial charge in [0.25, 0.3) is 0 Å². The van der Waals surface area contributed by atoms with Crippen molar-refractivity contribution in [2.45, 2.75) is 58.4 Å². The molecule has 1 aromatic heterocycles. The Balaban J connectivity index is 1.55. The number of imidazole rings is 1. The Morgan fingerprint density at radius 1 is 1.09 bits per heavy atom. The molecule has 0 N–H and O–H groups in total. The van der Waals surface area contributed by atoms with Crippen LogP contribution in [0.5, 0.6) is 5.75 Å². The number of hydrogen-bond acceptors (Lipinski definition) is 6. The minimum absolute atomic E-state index is 0.179. The standard InChI is InChI=1S/C26H33N3O5S/c1-5-10-29-23-7-6-21(35(31,32)28-11-13-33-14-12-28)17-22(23)27-24(29)8-9-25(30)34-26-19(3)15-18(2)16-20(26)4/h6-7,15-17H,5,8-14H2,1-4H3. The molecule has 0 unspecified atom stereocenters. The van der Waals surface area contributed by atoms with Crippen LogP contribution in [0.3, 0.4) is 0 Å². The Bertz CT molecular complexity index is 1320. The van der Waals surface area contributed by atoms with Crippen molar-refractivity contribution < 1.29 is 22.7 Å². The van der Waals surface area contributed by atoms with E-state index in [1.807, 2.05) is 39.0 Å². The van der Waals surface area contributed by atoms with E-state index in [2.05, 4.69) is 11.5 Å². The highest BCUT2D eigenvalue weighted by molar-refractivity contribution is 7.89. The molecule has 0 saturated carbocycles. The van der Waals surface area contributed by atoms with E-state index in [0.717, 1.165) is 41.0 Å². The van der Waals surface area contributed by atoms with Gasteiger partial charge in [-0.15, -0.1) is 0 Å². The summed E-state index contributed by atoms with van der Waals surface area (Å²) in [6, 6.07) is 9.08. The number of esters is 1. The lowest BCUT2D eigenvalue weighted by atomic mass is 10.1. The maximum atomic E-state index is 13.1. The Morgan fingerprint density at radius 3 is 2.43 bits per heavy atom. The van der Waals surface area contributed by atoms with Crippen molar-refractivity contribution in [2.24, 2.45) is 0 Å². The van der Waals surface area contributed by atoms with Crippen molar-refractivity contribution in [3.05, 3.63) is 52.8 Å². The molecule has 1 aliphatic rings. The molecule has 3 aromatic rings. The van der Waals surface area contributed by atoms with E-state index in [4.69, 9.17) is 14.5 Å². The number of morpholine rings is 1. The lowest BCUT2D eigenvalue weighted by Gasteiger charge is -2.26. The number of benzene rings is 2. The largest absolute Gasteiger partial charge is 0.426 e. The van der Waals surface area contributed by atoms with Crippen LogP contribution in [0.2, 0.25) is 0 Å². The molecule has 35 heavy (non-hydrogen) atoms. The highest BCUT2D eigenvalue weighted by Crippen LogP contribution is 2.26. The van der Waals surface area contributed by atoms with Crippen LogP contribution in [0, 0.1) is 20.8 Å². The zero-order chi connectivity index (χ0) is 25.2. The summed E-state index contributed by atoms with van der Waals surface area (Å²) in [5, 5.41) is 0. The van der Waals surface area contributed by atoms with Crippen molar-refractivity contribution >= 4 is 27.0 Å². The maximum absolute atomic E-state index is 13.1. The van der Waals surface area contributed by atoms with E-state index < -0.39 is 10.0 Å². The first-order valence-electron chi connectivity index (χ1n) is 12.1. The second kappa shape index (κ2) is 10.5. The third-order valence-corrected chi connectivity index (χ3v) is 8.12. The molecule has 8 nitrogen and oxygen atoms in total. The number of fused-ring (bicyclic) bond motifs is 1. The van der Waals surface area contributed by atoms with Crippen molar-refractivity contribution in [2.75, 3.05) is 26.3 Å². The zero-order valence-corrected chi connectivity index (χ0v) is 21.7. The number of aryl methyl sites for hydroxylation is 5. The Labute approximate surface area is 206 Å². The van der Waals surface area contributed by atoms with Crippen molar-refractivity contribution in [3.63, 3.8) is 0 Å². The number of carbonyl (C=O) groups excluding carboxylic acids is 1. The topological polar surface area (TPSA) is 90.7 Å². The van der Waals surface area contributed by atoms with E-state index in [-0.39, 0.29) is 17.3 Å². The second-order valence-electron chi connectivity index (χ2n) is 9.05. The van der Waals surface area contributed by atoms with Gasteiger partial charge < -0.3 is 14.0 Å². The second-order valence-corrected chi connectivity index (χ2v) is 11.0. The van der Waals surface area contributed by atoms with E-state index in [9.17, 15) is 13.2 Å². The van der Waals surface area contributed by atoms with Gasteiger partial charge in [-0.3, -0.25) is 4.79 Å². The normalized spacial score (nSPS) is 15.0. The first kappa shape index (κ1) is 25.3. The average Bonchev–Trinajstić information content (AvgIpc) is 3.17. The molecule has 0 radical (unpaired) electrons. The summed E-state index contributed by atoms with van der Waals surface area (Å²) in [6.07, 6.45) is 1.47. The molecule has 0 atom stereocenters. The predicted molar refractivity (Wildman–Crippen MR) is 134 cm³/mol. The maximum Gasteiger partial charge on any atom is 0.311 e. The van der Waals surface area contributed by atoms with Crippen molar-refractivity contribution in [1.29, 1.82) is 0 Å². The first-order chi connectivity index (χ1) is 16.7. The monoisotopic (exact) mass is 499 g/mol. The van der Waals surface area contributed by atoms with Crippen molar-refractivity contribution in [3.8, 4) is 5.75 Å². The fraction of sp³-hybridized carbons (Fsp3) is 0.462. The van der Waals surface area contributed by atoms with Gasteiger partial charge in [-0.2, -0.15) is 4.31 Å². The van der Waals surface area contributed by atoms with Crippen molar-refractivity contribution in [1.82, 2.24) is 13.9 Å². The van der Waals surface area contributed by atoms with Gasteiger partial charge in [0.2, 0.25) is 10.0 Å². The molecular weight excluding hydrogens is 466 g/mol. The smallest absolute Gasteiger partial charge is 0.311 e. The predicted octanol–water partition coefficient (Wildman–Crippen LogP) is 3.93. The lowest BCUT2D eigenvalue weighted by molar-refractivity contribution is -0.134. The van der Waals surface area contributed by atoms with E-state index in [1.54, 1.807) is 12.1 Å². The third kappa shape index (κ3) is 5.42. The summed E-state index contributed by atoms with van der Waals surface area (Å²) in [7, 11) is -3.61. The third-order valence-electron chi connectivity index (χ3n) is 6.23. The summed E-state index contributed by atoms with van der Waals surface area (Å²) in [4.78, 5) is 17.6. The molecule has 4 rings (SSSR count). The SMILES string of the molecule is CCCn1c(CCC(=O)Oc2c(C)cc(C)cc2C)nc2cc(S(=O)(=O)N3CCOCC3)ccc21. The lowest BCUT2D eigenvalue weighted by Crippen LogP contribution is -2.40. The summed E-state index contributed by atoms with van der Waals surface area (Å²) in [5.41, 5.74) is 4.47. The quantitative estimate of drug-likeness (QED) is 0.345. The molecule has 0 bridgehead atoms. The van der Waals surface area contributed by atoms with Gasteiger partial charge in [-0.25, -0.2) is 13.4 Å². The number of aromatic nitrogens is 2. The number of hydrogen-bond donors (Lipinski definition) is 0. The van der Waals surface area contributed by atoms with Gasteiger partial charge in [0.05, 0.1) is 35.6 Å². The number of nitrogens with zero attached hydrogens (tertiary/aromatic N) is 3. The highest BCUT2D eigenvalue weighted by Gasteiger charge is 2.27. The molecule has 0 amide bonds.